The Morgan fingerprint density at radius 1 is 0.833 bits per heavy atom. The van der Waals surface area contributed by atoms with E-state index in [1.54, 1.807) is 4.90 Å². The van der Waals surface area contributed by atoms with Crippen LogP contribution in [0.1, 0.15) is 69.4 Å². The van der Waals surface area contributed by atoms with Crippen LogP contribution in [0.5, 0.6) is 0 Å². The molecule has 2 aromatic rings. The fourth-order valence-electron chi connectivity index (χ4n) is 5.09. The zero-order valence-corrected chi connectivity index (χ0v) is 21.9. The zero-order chi connectivity index (χ0) is 25.8. The minimum Gasteiger partial charge on any atom is -0.448 e. The lowest BCUT2D eigenvalue weighted by atomic mass is 9.98. The minimum absolute atomic E-state index is 0.00890. The maximum absolute atomic E-state index is 13.7. The Morgan fingerprint density at radius 2 is 1.39 bits per heavy atom. The molecule has 0 bridgehead atoms. The molecule has 0 radical (unpaired) electrons. The van der Waals surface area contributed by atoms with Crippen LogP contribution in [0.25, 0.3) is 11.1 Å². The normalized spacial score (nSPS) is 12.9. The summed E-state index contributed by atoms with van der Waals surface area (Å²) in [6.45, 7) is 6.52. The second-order valence-corrected chi connectivity index (χ2v) is 9.13. The van der Waals surface area contributed by atoms with Crippen molar-refractivity contribution in [2.75, 3.05) is 39.5 Å². The van der Waals surface area contributed by atoms with Crippen molar-refractivity contribution in [2.24, 2.45) is 11.5 Å². The van der Waals surface area contributed by atoms with Crippen LogP contribution in [-0.4, -0.2) is 56.4 Å². The summed E-state index contributed by atoms with van der Waals surface area (Å²) in [5.41, 5.74) is 16.3. The lowest BCUT2D eigenvalue weighted by Gasteiger charge is -2.42. The molecule has 1 amide bonds. The van der Waals surface area contributed by atoms with Crippen molar-refractivity contribution in [3.8, 4) is 11.1 Å². The van der Waals surface area contributed by atoms with E-state index in [2.05, 4.69) is 24.3 Å². The molecule has 0 heterocycles. The third kappa shape index (κ3) is 6.65. The van der Waals surface area contributed by atoms with Crippen LogP contribution in [0.3, 0.4) is 0 Å². The predicted octanol–water partition coefficient (Wildman–Crippen LogP) is 5.22. The molecule has 0 spiro atoms. The lowest BCUT2D eigenvalue weighted by Crippen LogP contribution is -2.56. The number of fused-ring (bicyclic) bond motifs is 3. The number of ether oxygens (including phenoxy) is 3. The Balaban J connectivity index is 1.81. The zero-order valence-electron chi connectivity index (χ0n) is 21.9. The molecule has 0 aromatic heterocycles. The number of benzene rings is 2. The van der Waals surface area contributed by atoms with Crippen LogP contribution in [0.15, 0.2) is 48.5 Å². The first-order valence-corrected chi connectivity index (χ1v) is 13.4. The van der Waals surface area contributed by atoms with Gasteiger partial charge in [0.2, 0.25) is 0 Å². The molecule has 3 rings (SSSR count). The van der Waals surface area contributed by atoms with E-state index in [4.69, 9.17) is 25.7 Å². The van der Waals surface area contributed by atoms with Crippen molar-refractivity contribution in [3.05, 3.63) is 59.7 Å². The molecule has 2 aromatic carbocycles. The van der Waals surface area contributed by atoms with Crippen LogP contribution < -0.4 is 11.5 Å². The van der Waals surface area contributed by atoms with E-state index < -0.39 is 12.0 Å². The smallest absolute Gasteiger partial charge is 0.413 e. The Bertz CT molecular complexity index is 900. The van der Waals surface area contributed by atoms with Crippen molar-refractivity contribution < 1.29 is 19.0 Å². The second-order valence-electron chi connectivity index (χ2n) is 9.13. The highest BCUT2D eigenvalue weighted by Crippen LogP contribution is 2.44. The van der Waals surface area contributed by atoms with Gasteiger partial charge in [-0.15, -0.1) is 0 Å². The Labute approximate surface area is 216 Å². The summed E-state index contributed by atoms with van der Waals surface area (Å²) >= 11 is 0. The van der Waals surface area contributed by atoms with E-state index in [-0.39, 0.29) is 12.5 Å². The largest absolute Gasteiger partial charge is 0.448 e. The fourth-order valence-corrected chi connectivity index (χ4v) is 5.09. The van der Waals surface area contributed by atoms with Crippen molar-refractivity contribution in [1.29, 1.82) is 0 Å². The first kappa shape index (κ1) is 28.1. The van der Waals surface area contributed by atoms with E-state index in [9.17, 15) is 4.79 Å². The van der Waals surface area contributed by atoms with Crippen LogP contribution in [0.4, 0.5) is 4.79 Å². The molecule has 0 aliphatic heterocycles. The summed E-state index contributed by atoms with van der Waals surface area (Å²) in [5, 5.41) is 0. The molecule has 0 fully saturated rings. The van der Waals surface area contributed by atoms with E-state index in [1.807, 2.05) is 38.1 Å². The third-order valence-electron chi connectivity index (χ3n) is 6.74. The molecule has 0 unspecified atom stereocenters. The van der Waals surface area contributed by atoms with Crippen LogP contribution in [0.2, 0.25) is 0 Å². The summed E-state index contributed by atoms with van der Waals surface area (Å²) in [4.78, 5) is 15.3. The number of hydrogen-bond donors (Lipinski definition) is 2. The van der Waals surface area contributed by atoms with Gasteiger partial charge in [-0.05, 0) is 68.5 Å². The number of nitrogens with two attached hydrogens (primary N) is 2. The van der Waals surface area contributed by atoms with Gasteiger partial charge >= 0.3 is 6.09 Å². The second kappa shape index (κ2) is 14.3. The van der Waals surface area contributed by atoms with Gasteiger partial charge in [0.15, 0.2) is 0 Å². The average molecular weight is 498 g/mol. The third-order valence-corrected chi connectivity index (χ3v) is 6.74. The van der Waals surface area contributed by atoms with Gasteiger partial charge in [-0.3, -0.25) is 4.90 Å². The highest BCUT2D eigenvalue weighted by Gasteiger charge is 2.42. The van der Waals surface area contributed by atoms with Gasteiger partial charge in [-0.25, -0.2) is 4.79 Å². The maximum atomic E-state index is 13.7. The number of hydrogen-bond acceptors (Lipinski definition) is 6. The highest BCUT2D eigenvalue weighted by atomic mass is 16.7. The molecule has 1 aliphatic carbocycles. The number of nitrogens with zero attached hydrogens (tertiary/aromatic N) is 1. The fraction of sp³-hybridized carbons (Fsp3) is 0.552. The Kier molecular flexibility index (Phi) is 11.2. The maximum Gasteiger partial charge on any atom is 0.413 e. The molecule has 1 aliphatic rings. The molecular weight excluding hydrogens is 454 g/mol. The van der Waals surface area contributed by atoms with Crippen molar-refractivity contribution in [2.45, 2.75) is 64.2 Å². The minimum atomic E-state index is -1.20. The molecule has 4 N–H and O–H groups in total. The van der Waals surface area contributed by atoms with Gasteiger partial charge in [-0.1, -0.05) is 61.4 Å². The first-order chi connectivity index (χ1) is 17.6. The molecular formula is C29H43N3O4. The summed E-state index contributed by atoms with van der Waals surface area (Å²) in [6, 6.07) is 16.7. The topological polar surface area (TPSA) is 100 Å². The van der Waals surface area contributed by atoms with Gasteiger partial charge in [-0.2, -0.15) is 0 Å². The van der Waals surface area contributed by atoms with Crippen LogP contribution in [0, 0.1) is 0 Å². The van der Waals surface area contributed by atoms with Gasteiger partial charge in [0, 0.05) is 32.1 Å². The summed E-state index contributed by atoms with van der Waals surface area (Å²) in [6.07, 6.45) is 4.51. The van der Waals surface area contributed by atoms with Gasteiger partial charge in [0.1, 0.15) is 6.61 Å². The first-order valence-electron chi connectivity index (χ1n) is 13.4. The summed E-state index contributed by atoms with van der Waals surface area (Å²) < 4.78 is 18.3. The highest BCUT2D eigenvalue weighted by molar-refractivity contribution is 5.79. The Morgan fingerprint density at radius 3 is 1.94 bits per heavy atom. The molecule has 0 atom stereocenters. The predicted molar refractivity (Wildman–Crippen MR) is 144 cm³/mol. The molecule has 198 valence electrons. The van der Waals surface area contributed by atoms with Crippen molar-refractivity contribution in [1.82, 2.24) is 4.90 Å². The van der Waals surface area contributed by atoms with Crippen molar-refractivity contribution in [3.63, 3.8) is 0 Å². The molecule has 0 saturated heterocycles. The standard InChI is InChI=1S/C29H43N3O4/c1-3-35-29(36-4-2,18-13-20-31)32(21-12-6-5-11-19-30)28(33)34-22-27-25-16-9-7-14-23(25)24-15-8-10-17-26(24)27/h7-10,14-17,27H,3-6,11-13,18-22,30-31H2,1-2H3. The number of amides is 1. The van der Waals surface area contributed by atoms with Gasteiger partial charge in [0.25, 0.3) is 5.91 Å². The van der Waals surface area contributed by atoms with E-state index in [0.717, 1.165) is 25.7 Å². The van der Waals surface area contributed by atoms with Crippen molar-refractivity contribution >= 4 is 6.09 Å². The van der Waals surface area contributed by atoms with Crippen LogP contribution >= 0.6 is 0 Å². The Hall–Kier alpha value is -2.45. The number of unbranched alkanes of at least 4 members (excludes halogenated alkanes) is 3. The van der Waals surface area contributed by atoms with E-state index in [1.165, 1.54) is 22.3 Å². The lowest BCUT2D eigenvalue weighted by molar-refractivity contribution is -0.307. The number of carbonyl (C=O) groups is 1. The quantitative estimate of drug-likeness (QED) is 0.244. The monoisotopic (exact) mass is 497 g/mol. The summed E-state index contributed by atoms with van der Waals surface area (Å²) in [5.74, 6) is -1.20. The number of carbonyl (C=O) groups excluding carboxylic acids is 1. The molecule has 7 nitrogen and oxygen atoms in total. The molecule has 7 heteroatoms. The van der Waals surface area contributed by atoms with Gasteiger partial charge < -0.3 is 25.7 Å². The average Bonchev–Trinajstić information content (AvgIpc) is 3.22. The van der Waals surface area contributed by atoms with E-state index >= 15 is 0 Å². The van der Waals surface area contributed by atoms with E-state index in [0.29, 0.717) is 45.7 Å². The molecule has 36 heavy (non-hydrogen) atoms. The number of rotatable bonds is 16. The summed E-state index contributed by atoms with van der Waals surface area (Å²) in [7, 11) is 0. The van der Waals surface area contributed by atoms with Gasteiger partial charge in [0.05, 0.1) is 0 Å². The molecule has 0 saturated carbocycles. The van der Waals surface area contributed by atoms with Crippen LogP contribution in [-0.2, 0) is 14.2 Å². The SMILES string of the molecule is CCOC(CCCN)(OCC)N(CCCCCCN)C(=O)OCC1c2ccccc2-c2ccccc21.